The Morgan fingerprint density at radius 1 is 1.42 bits per heavy atom. The lowest BCUT2D eigenvalue weighted by molar-refractivity contribution is 0.150. The van der Waals surface area contributed by atoms with Crippen LogP contribution in [0.4, 0.5) is 10.6 Å². The van der Waals surface area contributed by atoms with Crippen molar-refractivity contribution in [3.63, 3.8) is 0 Å². The van der Waals surface area contributed by atoms with E-state index in [-0.39, 0.29) is 0 Å². The Balaban J connectivity index is 1.98. The van der Waals surface area contributed by atoms with Crippen LogP contribution in [0, 0.1) is 0 Å². The van der Waals surface area contributed by atoms with Gasteiger partial charge in [0.25, 0.3) is 0 Å². The molecule has 0 bridgehead atoms. The largest absolute Gasteiger partial charge is 0.465 e. The minimum Gasteiger partial charge on any atom is -0.465 e. The second-order valence-electron chi connectivity index (χ2n) is 4.36. The number of carbonyl (C=O) groups is 1. The fraction of sp³-hybridized carbons (Fsp3) is 0.250. The number of hydrogen-bond acceptors (Lipinski definition) is 4. The molecule has 1 aliphatic heterocycles. The van der Waals surface area contributed by atoms with Crippen LogP contribution in [0.3, 0.4) is 0 Å². The van der Waals surface area contributed by atoms with Gasteiger partial charge < -0.3 is 20.3 Å². The molecule has 0 radical (unpaired) electrons. The van der Waals surface area contributed by atoms with Gasteiger partial charge in [0, 0.05) is 31.4 Å². The molecule has 0 fully saturated rings. The number of rotatable bonds is 1. The topological polar surface area (TPSA) is 97.3 Å². The van der Waals surface area contributed by atoms with Crippen LogP contribution in [0.2, 0.25) is 0 Å². The van der Waals surface area contributed by atoms with Gasteiger partial charge in [-0.2, -0.15) is 0 Å². The minimum atomic E-state index is -0.890. The first-order valence-electron chi connectivity index (χ1n) is 5.91. The van der Waals surface area contributed by atoms with E-state index in [0.29, 0.717) is 25.3 Å². The standard InChI is InChI=1S/C12H13N5O2/c13-10-9-3-6-17(11(9)15-7-14-10)8-1-4-16(5-2-8)12(18)19/h1,3,6-7H,2,4-5H2,(H,18,19)(H2,13,14,15). The van der Waals surface area contributed by atoms with Gasteiger partial charge in [-0.3, -0.25) is 0 Å². The third-order valence-corrected chi connectivity index (χ3v) is 3.28. The highest BCUT2D eigenvalue weighted by atomic mass is 16.4. The number of hydrogen-bond donors (Lipinski definition) is 2. The van der Waals surface area contributed by atoms with Crippen LogP contribution >= 0.6 is 0 Å². The van der Waals surface area contributed by atoms with Crippen LogP contribution in [0.1, 0.15) is 6.42 Å². The van der Waals surface area contributed by atoms with Gasteiger partial charge in [-0.05, 0) is 12.1 Å². The molecule has 0 spiro atoms. The Bertz CT molecular complexity index is 676. The van der Waals surface area contributed by atoms with Gasteiger partial charge >= 0.3 is 6.09 Å². The SMILES string of the molecule is Nc1ncnc2c1ccn2C1=CCN(C(=O)O)CC1. The van der Waals surface area contributed by atoms with Crippen molar-refractivity contribution >= 4 is 28.6 Å². The summed E-state index contributed by atoms with van der Waals surface area (Å²) in [7, 11) is 0. The average molecular weight is 259 g/mol. The molecule has 0 saturated heterocycles. The van der Waals surface area contributed by atoms with Crippen molar-refractivity contribution in [3.8, 4) is 0 Å². The minimum absolute atomic E-state index is 0.394. The molecule has 0 aromatic carbocycles. The van der Waals surface area contributed by atoms with Crippen LogP contribution in [0.5, 0.6) is 0 Å². The van der Waals surface area contributed by atoms with Crippen LogP contribution in [-0.4, -0.2) is 43.7 Å². The molecule has 2 aromatic rings. The molecule has 7 nitrogen and oxygen atoms in total. The van der Waals surface area contributed by atoms with Crippen molar-refractivity contribution in [3.05, 3.63) is 24.7 Å². The highest BCUT2D eigenvalue weighted by Gasteiger charge is 2.18. The maximum Gasteiger partial charge on any atom is 0.407 e. The zero-order chi connectivity index (χ0) is 13.4. The summed E-state index contributed by atoms with van der Waals surface area (Å²) < 4.78 is 1.94. The van der Waals surface area contributed by atoms with Crippen molar-refractivity contribution in [2.24, 2.45) is 0 Å². The summed E-state index contributed by atoms with van der Waals surface area (Å²) in [6.07, 6.45) is 4.98. The van der Waals surface area contributed by atoms with Crippen LogP contribution in [0.25, 0.3) is 16.7 Å². The summed E-state index contributed by atoms with van der Waals surface area (Å²) in [6.45, 7) is 0.881. The molecular weight excluding hydrogens is 246 g/mol. The first-order valence-corrected chi connectivity index (χ1v) is 5.91. The van der Waals surface area contributed by atoms with Gasteiger partial charge in [0.05, 0.1) is 5.39 Å². The highest BCUT2D eigenvalue weighted by Crippen LogP contribution is 2.24. The van der Waals surface area contributed by atoms with E-state index >= 15 is 0 Å². The Labute approximate surface area is 109 Å². The smallest absolute Gasteiger partial charge is 0.407 e. The summed E-state index contributed by atoms with van der Waals surface area (Å²) in [5, 5.41) is 9.73. The second-order valence-corrected chi connectivity index (χ2v) is 4.36. The van der Waals surface area contributed by atoms with Gasteiger partial charge in [0.1, 0.15) is 17.8 Å². The maximum absolute atomic E-state index is 10.9. The molecule has 0 unspecified atom stereocenters. The van der Waals surface area contributed by atoms with Crippen LogP contribution < -0.4 is 5.73 Å². The lowest BCUT2D eigenvalue weighted by Crippen LogP contribution is -2.33. The van der Waals surface area contributed by atoms with E-state index in [9.17, 15) is 4.79 Å². The molecule has 2 aromatic heterocycles. The molecular formula is C12H13N5O2. The second kappa shape index (κ2) is 4.27. The van der Waals surface area contributed by atoms with E-state index in [2.05, 4.69) is 9.97 Å². The van der Waals surface area contributed by atoms with Gasteiger partial charge in [-0.25, -0.2) is 14.8 Å². The molecule has 3 heterocycles. The van der Waals surface area contributed by atoms with E-state index in [1.165, 1.54) is 11.2 Å². The fourth-order valence-corrected chi connectivity index (χ4v) is 2.25. The maximum atomic E-state index is 10.9. The summed E-state index contributed by atoms with van der Waals surface area (Å²) >= 11 is 0. The Kier molecular flexibility index (Phi) is 2.59. The fourth-order valence-electron chi connectivity index (χ4n) is 2.25. The number of carboxylic acid groups (broad SMARTS) is 1. The van der Waals surface area contributed by atoms with Crippen LogP contribution in [-0.2, 0) is 0 Å². The molecule has 0 saturated carbocycles. The van der Waals surface area contributed by atoms with Gasteiger partial charge in [-0.1, -0.05) is 0 Å². The third-order valence-electron chi connectivity index (χ3n) is 3.28. The van der Waals surface area contributed by atoms with E-state index < -0.39 is 6.09 Å². The molecule has 3 N–H and O–H groups in total. The first kappa shape index (κ1) is 11.5. The lowest BCUT2D eigenvalue weighted by Gasteiger charge is -2.24. The van der Waals surface area contributed by atoms with Gasteiger partial charge in [0.2, 0.25) is 0 Å². The number of amides is 1. The average Bonchev–Trinajstić information content (AvgIpc) is 2.84. The Morgan fingerprint density at radius 2 is 2.26 bits per heavy atom. The number of nitrogens with zero attached hydrogens (tertiary/aromatic N) is 4. The number of nitrogens with two attached hydrogens (primary N) is 1. The van der Waals surface area contributed by atoms with Crippen LogP contribution in [0.15, 0.2) is 24.7 Å². The van der Waals surface area contributed by atoms with E-state index in [1.54, 1.807) is 0 Å². The molecule has 0 atom stereocenters. The van der Waals surface area contributed by atoms with Crippen molar-refractivity contribution in [2.75, 3.05) is 18.8 Å². The molecule has 1 amide bonds. The van der Waals surface area contributed by atoms with Gasteiger partial charge in [0.15, 0.2) is 0 Å². The molecule has 3 rings (SSSR count). The number of nitrogen functional groups attached to an aromatic ring is 1. The summed E-state index contributed by atoms with van der Waals surface area (Å²) in [5.41, 5.74) is 7.58. The summed E-state index contributed by atoms with van der Waals surface area (Å²) in [5.74, 6) is 0.451. The van der Waals surface area contributed by atoms with Gasteiger partial charge in [-0.15, -0.1) is 0 Å². The lowest BCUT2D eigenvalue weighted by atomic mass is 10.2. The number of fused-ring (bicyclic) bond motifs is 1. The summed E-state index contributed by atoms with van der Waals surface area (Å²) in [4.78, 5) is 20.4. The van der Waals surface area contributed by atoms with Crippen molar-refractivity contribution in [1.82, 2.24) is 19.4 Å². The molecule has 1 aliphatic rings. The molecule has 7 heteroatoms. The highest BCUT2D eigenvalue weighted by molar-refractivity contribution is 5.88. The van der Waals surface area contributed by atoms with Crippen molar-refractivity contribution < 1.29 is 9.90 Å². The first-order chi connectivity index (χ1) is 9.16. The normalized spacial score (nSPS) is 15.6. The van der Waals surface area contributed by atoms with E-state index in [1.807, 2.05) is 22.9 Å². The molecule has 98 valence electrons. The number of aromatic nitrogens is 3. The summed E-state index contributed by atoms with van der Waals surface area (Å²) in [6, 6.07) is 1.87. The molecule has 0 aliphatic carbocycles. The monoisotopic (exact) mass is 259 g/mol. The molecule has 19 heavy (non-hydrogen) atoms. The Hall–Kier alpha value is -2.57. The quantitative estimate of drug-likeness (QED) is 0.803. The predicted molar refractivity (Wildman–Crippen MR) is 70.4 cm³/mol. The van der Waals surface area contributed by atoms with Crippen molar-refractivity contribution in [1.29, 1.82) is 0 Å². The zero-order valence-electron chi connectivity index (χ0n) is 10.2. The van der Waals surface area contributed by atoms with Crippen molar-refractivity contribution in [2.45, 2.75) is 6.42 Å². The van der Waals surface area contributed by atoms with E-state index in [0.717, 1.165) is 16.7 Å². The third kappa shape index (κ3) is 1.88. The van der Waals surface area contributed by atoms with E-state index in [4.69, 9.17) is 10.8 Å². The Morgan fingerprint density at radius 3 is 2.95 bits per heavy atom. The number of anilines is 1. The predicted octanol–water partition coefficient (Wildman–Crippen LogP) is 1.24. The zero-order valence-corrected chi connectivity index (χ0v) is 10.2.